The molecule has 3 N–H and O–H groups in total. The first kappa shape index (κ1) is 14.1. The number of nitrogens with zero attached hydrogens (tertiary/aromatic N) is 2. The molecule has 1 amide bonds. The van der Waals surface area contributed by atoms with Crippen LogP contribution in [-0.4, -0.2) is 15.5 Å². The third-order valence-electron chi connectivity index (χ3n) is 3.63. The summed E-state index contributed by atoms with van der Waals surface area (Å²) >= 11 is 0. The number of anilines is 2. The van der Waals surface area contributed by atoms with Crippen LogP contribution in [0.25, 0.3) is 11.0 Å². The topological polar surface area (TPSA) is 72.9 Å². The lowest BCUT2D eigenvalue weighted by molar-refractivity contribution is -0.116. The van der Waals surface area contributed by atoms with Crippen molar-refractivity contribution in [3.05, 3.63) is 54.1 Å². The highest BCUT2D eigenvalue weighted by atomic mass is 16.1. The molecule has 22 heavy (non-hydrogen) atoms. The Kier molecular flexibility index (Phi) is 3.78. The highest BCUT2D eigenvalue weighted by molar-refractivity contribution is 5.92. The molecule has 0 atom stereocenters. The van der Waals surface area contributed by atoms with E-state index < -0.39 is 0 Å². The second-order valence-corrected chi connectivity index (χ2v) is 5.14. The van der Waals surface area contributed by atoms with Crippen LogP contribution in [0.2, 0.25) is 0 Å². The molecular formula is C17H18N4O. The average Bonchev–Trinajstić information content (AvgIpc) is 2.84. The molecule has 0 unspecified atom stereocenters. The number of carbonyl (C=O) groups is 1. The molecule has 5 heteroatoms. The Labute approximate surface area is 128 Å². The Morgan fingerprint density at radius 3 is 2.64 bits per heavy atom. The van der Waals surface area contributed by atoms with Crippen molar-refractivity contribution in [1.29, 1.82) is 0 Å². The van der Waals surface area contributed by atoms with Crippen molar-refractivity contribution in [2.45, 2.75) is 19.9 Å². The van der Waals surface area contributed by atoms with E-state index >= 15 is 0 Å². The van der Waals surface area contributed by atoms with Crippen LogP contribution in [0.1, 0.15) is 12.5 Å². The number of rotatable bonds is 4. The number of nitrogens with two attached hydrogens (primary N) is 1. The van der Waals surface area contributed by atoms with Gasteiger partial charge in [0.1, 0.15) is 6.54 Å². The molecule has 0 aliphatic carbocycles. The fraction of sp³-hybridized carbons (Fsp3) is 0.176. The first-order valence-corrected chi connectivity index (χ1v) is 7.27. The average molecular weight is 294 g/mol. The van der Waals surface area contributed by atoms with Crippen LogP contribution in [-0.2, 0) is 17.8 Å². The van der Waals surface area contributed by atoms with E-state index in [4.69, 9.17) is 5.73 Å². The number of aryl methyl sites for hydroxylation is 1. The Bertz CT molecular complexity index is 805. The number of imidazole rings is 1. The van der Waals surface area contributed by atoms with E-state index in [9.17, 15) is 4.79 Å². The van der Waals surface area contributed by atoms with E-state index in [1.54, 1.807) is 4.57 Å². The predicted octanol–water partition coefficient (Wildman–Crippen LogP) is 2.82. The van der Waals surface area contributed by atoms with Crippen molar-refractivity contribution in [1.82, 2.24) is 9.55 Å². The molecule has 0 spiro atoms. The molecule has 5 nitrogen and oxygen atoms in total. The van der Waals surface area contributed by atoms with E-state index in [1.807, 2.05) is 48.5 Å². The molecule has 3 aromatic rings. The first-order chi connectivity index (χ1) is 10.7. The molecule has 0 bridgehead atoms. The molecule has 0 aliphatic rings. The van der Waals surface area contributed by atoms with Crippen LogP contribution in [0.4, 0.5) is 11.6 Å². The number of carbonyl (C=O) groups excluding carboxylic acids is 1. The second-order valence-electron chi connectivity index (χ2n) is 5.14. The van der Waals surface area contributed by atoms with E-state index in [0.29, 0.717) is 5.95 Å². The highest BCUT2D eigenvalue weighted by Crippen LogP contribution is 2.17. The maximum absolute atomic E-state index is 12.2. The van der Waals surface area contributed by atoms with Gasteiger partial charge in [-0.05, 0) is 36.2 Å². The van der Waals surface area contributed by atoms with Crippen molar-refractivity contribution in [2.75, 3.05) is 11.1 Å². The summed E-state index contributed by atoms with van der Waals surface area (Å²) in [6, 6.07) is 15.4. The number of aromatic nitrogens is 2. The number of amides is 1. The summed E-state index contributed by atoms with van der Waals surface area (Å²) in [6.07, 6.45) is 0.978. The van der Waals surface area contributed by atoms with Gasteiger partial charge in [0.15, 0.2) is 0 Å². The van der Waals surface area contributed by atoms with Crippen molar-refractivity contribution < 1.29 is 4.79 Å². The van der Waals surface area contributed by atoms with Crippen LogP contribution < -0.4 is 11.1 Å². The second kappa shape index (κ2) is 5.89. The summed E-state index contributed by atoms with van der Waals surface area (Å²) in [6.45, 7) is 2.24. The normalized spacial score (nSPS) is 10.8. The number of nitrogen functional groups attached to an aromatic ring is 1. The zero-order valence-corrected chi connectivity index (χ0v) is 12.4. The largest absolute Gasteiger partial charge is 0.369 e. The summed E-state index contributed by atoms with van der Waals surface area (Å²) < 4.78 is 1.71. The van der Waals surface area contributed by atoms with Crippen LogP contribution in [0.5, 0.6) is 0 Å². The Morgan fingerprint density at radius 2 is 1.91 bits per heavy atom. The molecule has 0 fully saturated rings. The SMILES string of the molecule is CCc1ccc(NC(=O)Cn2c(N)nc3ccccc32)cc1. The molecule has 0 aliphatic heterocycles. The number of hydrogen-bond acceptors (Lipinski definition) is 3. The monoisotopic (exact) mass is 294 g/mol. The zero-order valence-electron chi connectivity index (χ0n) is 12.4. The van der Waals surface area contributed by atoms with Crippen molar-refractivity contribution in [3.8, 4) is 0 Å². The van der Waals surface area contributed by atoms with E-state index in [-0.39, 0.29) is 12.5 Å². The molecule has 0 saturated heterocycles. The lowest BCUT2D eigenvalue weighted by Gasteiger charge is -2.08. The molecule has 0 saturated carbocycles. The number of para-hydroxylation sites is 2. The lowest BCUT2D eigenvalue weighted by Crippen LogP contribution is -2.19. The van der Waals surface area contributed by atoms with Gasteiger partial charge < -0.3 is 15.6 Å². The summed E-state index contributed by atoms with van der Waals surface area (Å²) in [7, 11) is 0. The summed E-state index contributed by atoms with van der Waals surface area (Å²) in [5.41, 5.74) is 9.58. The molecular weight excluding hydrogens is 276 g/mol. The molecule has 1 aromatic heterocycles. The van der Waals surface area contributed by atoms with E-state index in [0.717, 1.165) is 23.1 Å². The Balaban J connectivity index is 1.76. The molecule has 2 aromatic carbocycles. The van der Waals surface area contributed by atoms with Crippen molar-refractivity contribution >= 4 is 28.6 Å². The first-order valence-electron chi connectivity index (χ1n) is 7.27. The zero-order chi connectivity index (χ0) is 15.5. The van der Waals surface area contributed by atoms with E-state index in [2.05, 4.69) is 17.2 Å². The van der Waals surface area contributed by atoms with Crippen LogP contribution in [0.15, 0.2) is 48.5 Å². The minimum Gasteiger partial charge on any atom is -0.369 e. The third-order valence-corrected chi connectivity index (χ3v) is 3.63. The predicted molar refractivity (Wildman–Crippen MR) is 88.6 cm³/mol. The summed E-state index contributed by atoms with van der Waals surface area (Å²) in [4.78, 5) is 16.5. The van der Waals surface area contributed by atoms with Crippen LogP contribution in [0, 0.1) is 0 Å². The number of benzene rings is 2. The Morgan fingerprint density at radius 1 is 1.18 bits per heavy atom. The number of hydrogen-bond donors (Lipinski definition) is 2. The van der Waals surface area contributed by atoms with Gasteiger partial charge in [-0.15, -0.1) is 0 Å². The van der Waals surface area contributed by atoms with Gasteiger partial charge in [0.2, 0.25) is 11.9 Å². The number of fused-ring (bicyclic) bond motifs is 1. The Hall–Kier alpha value is -2.82. The maximum Gasteiger partial charge on any atom is 0.244 e. The molecule has 0 radical (unpaired) electrons. The third kappa shape index (κ3) is 2.79. The van der Waals surface area contributed by atoms with Crippen LogP contribution in [0.3, 0.4) is 0 Å². The fourth-order valence-electron chi connectivity index (χ4n) is 2.43. The number of nitrogens with one attached hydrogen (secondary N) is 1. The van der Waals surface area contributed by atoms with Crippen molar-refractivity contribution in [3.63, 3.8) is 0 Å². The van der Waals surface area contributed by atoms with Gasteiger partial charge in [-0.25, -0.2) is 4.98 Å². The highest BCUT2D eigenvalue weighted by Gasteiger charge is 2.11. The summed E-state index contributed by atoms with van der Waals surface area (Å²) in [5, 5.41) is 2.88. The van der Waals surface area contributed by atoms with Gasteiger partial charge >= 0.3 is 0 Å². The van der Waals surface area contributed by atoms with Gasteiger partial charge in [0.05, 0.1) is 11.0 Å². The maximum atomic E-state index is 12.2. The van der Waals surface area contributed by atoms with Gasteiger partial charge in [0.25, 0.3) is 0 Å². The molecule has 1 heterocycles. The van der Waals surface area contributed by atoms with Crippen LogP contribution >= 0.6 is 0 Å². The molecule has 112 valence electrons. The lowest BCUT2D eigenvalue weighted by atomic mass is 10.1. The standard InChI is InChI=1S/C17H18N4O/c1-2-12-7-9-13(10-8-12)19-16(22)11-21-15-6-4-3-5-14(15)20-17(21)18/h3-10H,2,11H2,1H3,(H2,18,20)(H,19,22). The van der Waals surface area contributed by atoms with Gasteiger partial charge in [-0.3, -0.25) is 4.79 Å². The fourth-order valence-corrected chi connectivity index (χ4v) is 2.43. The van der Waals surface area contributed by atoms with E-state index in [1.165, 1.54) is 5.56 Å². The quantitative estimate of drug-likeness (QED) is 0.777. The minimum atomic E-state index is -0.126. The van der Waals surface area contributed by atoms with Gasteiger partial charge in [-0.1, -0.05) is 31.2 Å². The van der Waals surface area contributed by atoms with Gasteiger partial charge in [-0.2, -0.15) is 0 Å². The molecule has 3 rings (SSSR count). The van der Waals surface area contributed by atoms with Crippen molar-refractivity contribution in [2.24, 2.45) is 0 Å². The van der Waals surface area contributed by atoms with Gasteiger partial charge in [0, 0.05) is 5.69 Å². The smallest absolute Gasteiger partial charge is 0.244 e. The minimum absolute atomic E-state index is 0.126. The summed E-state index contributed by atoms with van der Waals surface area (Å²) in [5.74, 6) is 0.219.